The Bertz CT molecular complexity index is 542. The molecule has 0 saturated carbocycles. The molecule has 0 aliphatic carbocycles. The van der Waals surface area contributed by atoms with Crippen LogP contribution in [0.4, 0.5) is 0 Å². The first-order valence-electron chi connectivity index (χ1n) is 6.49. The van der Waals surface area contributed by atoms with E-state index < -0.39 is 0 Å². The molecule has 0 radical (unpaired) electrons. The van der Waals surface area contributed by atoms with Crippen LogP contribution in [0.2, 0.25) is 0 Å². The molecule has 94 valence electrons. The first-order valence-corrected chi connectivity index (χ1v) is 6.49. The van der Waals surface area contributed by atoms with E-state index in [2.05, 4.69) is 29.8 Å². The first-order chi connectivity index (χ1) is 8.78. The maximum absolute atomic E-state index is 5.18. The molecule has 3 rings (SSSR count). The van der Waals surface area contributed by atoms with Crippen molar-refractivity contribution in [2.45, 2.75) is 32.2 Å². The summed E-state index contributed by atoms with van der Waals surface area (Å²) in [6, 6.07) is 8.10. The molecule has 1 unspecified atom stereocenters. The Morgan fingerprint density at radius 3 is 2.72 bits per heavy atom. The summed E-state index contributed by atoms with van der Waals surface area (Å²) in [6.45, 7) is 3.36. The Morgan fingerprint density at radius 1 is 1.28 bits per heavy atom. The third kappa shape index (κ3) is 1.90. The van der Waals surface area contributed by atoms with E-state index in [9.17, 15) is 0 Å². The number of aryl methyl sites for hydroxylation is 1. The van der Waals surface area contributed by atoms with Gasteiger partial charge in [0.05, 0.1) is 12.8 Å². The summed E-state index contributed by atoms with van der Waals surface area (Å²) in [5.74, 6) is 2.69. The minimum atomic E-state index is 0.575. The molecule has 18 heavy (non-hydrogen) atoms. The van der Waals surface area contributed by atoms with Crippen LogP contribution in [0.3, 0.4) is 0 Å². The molecule has 1 atom stereocenters. The van der Waals surface area contributed by atoms with Crippen LogP contribution in [-0.2, 0) is 6.54 Å². The maximum Gasteiger partial charge on any atom is 0.118 e. The lowest BCUT2D eigenvalue weighted by atomic mass is 10.0. The largest absolute Gasteiger partial charge is 0.497 e. The topological polar surface area (TPSA) is 27.1 Å². The molecule has 1 aliphatic heterocycles. The molecule has 1 aromatic heterocycles. The number of fused-ring (bicyclic) bond motifs is 1. The lowest BCUT2D eigenvalue weighted by molar-refractivity contribution is 0.415. The fourth-order valence-corrected chi connectivity index (χ4v) is 2.60. The zero-order valence-corrected chi connectivity index (χ0v) is 10.9. The van der Waals surface area contributed by atoms with Crippen LogP contribution in [0.1, 0.15) is 31.5 Å². The lowest BCUT2D eigenvalue weighted by Gasteiger charge is -2.19. The molecular formula is C15H18N2O. The van der Waals surface area contributed by atoms with E-state index in [1.165, 1.54) is 18.7 Å². The number of methoxy groups -OCH3 is 1. The van der Waals surface area contributed by atoms with Crippen LogP contribution >= 0.6 is 0 Å². The fraction of sp³-hybridized carbons (Fsp3) is 0.400. The van der Waals surface area contributed by atoms with E-state index >= 15 is 0 Å². The Kier molecular flexibility index (Phi) is 2.82. The van der Waals surface area contributed by atoms with Gasteiger partial charge < -0.3 is 9.30 Å². The SMILES string of the molecule is COc1ccc(-c2cn3c(n2)C(C)CCC3)cc1. The number of rotatable bonds is 2. The monoisotopic (exact) mass is 242 g/mol. The van der Waals surface area contributed by atoms with Gasteiger partial charge in [-0.25, -0.2) is 4.98 Å². The van der Waals surface area contributed by atoms with Crippen molar-refractivity contribution in [3.05, 3.63) is 36.3 Å². The van der Waals surface area contributed by atoms with E-state index in [1.54, 1.807) is 7.11 Å². The molecule has 3 nitrogen and oxygen atoms in total. The van der Waals surface area contributed by atoms with Gasteiger partial charge >= 0.3 is 0 Å². The number of nitrogens with zero attached hydrogens (tertiary/aromatic N) is 2. The zero-order valence-electron chi connectivity index (χ0n) is 10.9. The number of hydrogen-bond donors (Lipinski definition) is 0. The number of ether oxygens (including phenoxy) is 1. The minimum Gasteiger partial charge on any atom is -0.497 e. The van der Waals surface area contributed by atoms with Crippen LogP contribution in [0.5, 0.6) is 5.75 Å². The maximum atomic E-state index is 5.18. The van der Waals surface area contributed by atoms with Crippen molar-refractivity contribution in [3.8, 4) is 17.0 Å². The average molecular weight is 242 g/mol. The summed E-state index contributed by atoms with van der Waals surface area (Å²) in [7, 11) is 1.69. The Labute approximate surface area is 107 Å². The number of hydrogen-bond acceptors (Lipinski definition) is 2. The highest BCUT2D eigenvalue weighted by molar-refractivity contribution is 5.59. The van der Waals surface area contributed by atoms with Crippen molar-refractivity contribution in [1.82, 2.24) is 9.55 Å². The van der Waals surface area contributed by atoms with E-state index in [4.69, 9.17) is 9.72 Å². The number of imidazole rings is 1. The Morgan fingerprint density at radius 2 is 2.06 bits per heavy atom. The molecule has 1 aromatic carbocycles. The molecule has 3 heteroatoms. The van der Waals surface area contributed by atoms with Gasteiger partial charge in [0.25, 0.3) is 0 Å². The normalized spacial score (nSPS) is 18.4. The molecule has 0 N–H and O–H groups in total. The molecular weight excluding hydrogens is 224 g/mol. The van der Waals surface area contributed by atoms with Crippen LogP contribution in [-0.4, -0.2) is 16.7 Å². The van der Waals surface area contributed by atoms with Gasteiger partial charge in [-0.2, -0.15) is 0 Å². The summed E-state index contributed by atoms with van der Waals surface area (Å²) >= 11 is 0. The summed E-state index contributed by atoms with van der Waals surface area (Å²) < 4.78 is 7.48. The third-order valence-electron chi connectivity index (χ3n) is 3.67. The van der Waals surface area contributed by atoms with Crippen LogP contribution in [0, 0.1) is 0 Å². The van der Waals surface area contributed by atoms with Gasteiger partial charge in [-0.15, -0.1) is 0 Å². The predicted molar refractivity (Wildman–Crippen MR) is 71.9 cm³/mol. The molecule has 0 spiro atoms. The Hall–Kier alpha value is -1.77. The highest BCUT2D eigenvalue weighted by Crippen LogP contribution is 2.29. The number of aromatic nitrogens is 2. The predicted octanol–water partition coefficient (Wildman–Crippen LogP) is 3.46. The quantitative estimate of drug-likeness (QED) is 0.806. The van der Waals surface area contributed by atoms with Crippen molar-refractivity contribution < 1.29 is 4.74 Å². The summed E-state index contributed by atoms with van der Waals surface area (Å²) in [6.07, 6.45) is 4.68. The molecule has 0 fully saturated rings. The van der Waals surface area contributed by atoms with E-state index in [0.717, 1.165) is 23.6 Å². The summed E-state index contributed by atoms with van der Waals surface area (Å²) in [4.78, 5) is 4.78. The van der Waals surface area contributed by atoms with Gasteiger partial charge in [0.15, 0.2) is 0 Å². The molecule has 2 heterocycles. The molecule has 0 bridgehead atoms. The lowest BCUT2D eigenvalue weighted by Crippen LogP contribution is -2.12. The molecule has 0 amide bonds. The van der Waals surface area contributed by atoms with Gasteiger partial charge in [0.2, 0.25) is 0 Å². The average Bonchev–Trinajstić information content (AvgIpc) is 2.84. The van der Waals surface area contributed by atoms with Gasteiger partial charge in [-0.1, -0.05) is 6.92 Å². The third-order valence-corrected chi connectivity index (χ3v) is 3.67. The van der Waals surface area contributed by atoms with E-state index in [-0.39, 0.29) is 0 Å². The minimum absolute atomic E-state index is 0.575. The van der Waals surface area contributed by atoms with Gasteiger partial charge in [0, 0.05) is 24.2 Å². The van der Waals surface area contributed by atoms with Gasteiger partial charge in [-0.05, 0) is 37.1 Å². The zero-order chi connectivity index (χ0) is 12.5. The number of benzene rings is 1. The standard InChI is InChI=1S/C15H18N2O/c1-11-4-3-9-17-10-14(16-15(11)17)12-5-7-13(18-2)8-6-12/h5-8,10-11H,3-4,9H2,1-2H3. The van der Waals surface area contributed by atoms with Gasteiger partial charge in [0.1, 0.15) is 11.6 Å². The van der Waals surface area contributed by atoms with Crippen LogP contribution < -0.4 is 4.74 Å². The molecule has 1 aliphatic rings. The summed E-state index contributed by atoms with van der Waals surface area (Å²) in [5, 5.41) is 0. The van der Waals surface area contributed by atoms with Crippen molar-refractivity contribution >= 4 is 0 Å². The highest BCUT2D eigenvalue weighted by atomic mass is 16.5. The fourth-order valence-electron chi connectivity index (χ4n) is 2.60. The van der Waals surface area contributed by atoms with Crippen molar-refractivity contribution in [1.29, 1.82) is 0 Å². The van der Waals surface area contributed by atoms with Crippen LogP contribution in [0.25, 0.3) is 11.3 Å². The van der Waals surface area contributed by atoms with E-state index in [0.29, 0.717) is 5.92 Å². The van der Waals surface area contributed by atoms with Crippen LogP contribution in [0.15, 0.2) is 30.5 Å². The first kappa shape index (κ1) is 11.3. The highest BCUT2D eigenvalue weighted by Gasteiger charge is 2.19. The smallest absolute Gasteiger partial charge is 0.118 e. The summed E-state index contributed by atoms with van der Waals surface area (Å²) in [5.41, 5.74) is 2.23. The van der Waals surface area contributed by atoms with Crippen molar-refractivity contribution in [3.63, 3.8) is 0 Å². The van der Waals surface area contributed by atoms with Crippen molar-refractivity contribution in [2.75, 3.05) is 7.11 Å². The second-order valence-electron chi connectivity index (χ2n) is 4.95. The van der Waals surface area contributed by atoms with Crippen molar-refractivity contribution in [2.24, 2.45) is 0 Å². The van der Waals surface area contributed by atoms with Gasteiger partial charge in [-0.3, -0.25) is 0 Å². The van der Waals surface area contributed by atoms with E-state index in [1.807, 2.05) is 12.1 Å². The Balaban J connectivity index is 1.96. The molecule has 2 aromatic rings. The second kappa shape index (κ2) is 4.48. The second-order valence-corrected chi connectivity index (χ2v) is 4.95. The molecule has 0 saturated heterocycles.